The predicted molar refractivity (Wildman–Crippen MR) is 188 cm³/mol. The molecule has 0 bridgehead atoms. The number of nitrogens with zero attached hydrogens (tertiary/aromatic N) is 1. The third kappa shape index (κ3) is 5.42. The third-order valence-electron chi connectivity index (χ3n) is 7.93. The van der Waals surface area contributed by atoms with Crippen molar-refractivity contribution < 1.29 is 0 Å². The SMILES string of the molecule is C#C/C=C\c1c(NC/C=C(\C=C/C)c2ccc(C3=CC=CC3)cc2)cc2c(c1C=C)c1ccccc1n2-c1ccccc1. The minimum absolute atomic E-state index is 0.640. The van der Waals surface area contributed by atoms with Gasteiger partial charge in [-0.3, -0.25) is 0 Å². The normalized spacial score (nSPS) is 13.3. The van der Waals surface area contributed by atoms with Crippen LogP contribution in [0.3, 0.4) is 0 Å². The molecule has 0 fully saturated rings. The first-order valence-electron chi connectivity index (χ1n) is 14.7. The average molecular weight is 555 g/mol. The van der Waals surface area contributed by atoms with Crippen LogP contribution in [0.1, 0.15) is 35.6 Å². The van der Waals surface area contributed by atoms with Crippen LogP contribution in [0.2, 0.25) is 0 Å². The summed E-state index contributed by atoms with van der Waals surface area (Å²) in [5.74, 6) is 2.67. The van der Waals surface area contributed by atoms with Gasteiger partial charge >= 0.3 is 0 Å². The molecule has 1 aliphatic carbocycles. The summed E-state index contributed by atoms with van der Waals surface area (Å²) in [6, 6.07) is 30.1. The lowest BCUT2D eigenvalue weighted by atomic mass is 9.97. The molecule has 2 heteroatoms. The zero-order valence-electron chi connectivity index (χ0n) is 24.4. The Hall–Kier alpha value is -5.52. The number of para-hydroxylation sites is 2. The van der Waals surface area contributed by atoms with Crippen molar-refractivity contribution in [3.63, 3.8) is 0 Å². The molecule has 0 radical (unpaired) electrons. The average Bonchev–Trinajstić information content (AvgIpc) is 3.70. The highest BCUT2D eigenvalue weighted by Crippen LogP contribution is 2.40. The number of aromatic nitrogens is 1. The maximum absolute atomic E-state index is 5.68. The molecular formula is C41H34N2. The smallest absolute Gasteiger partial charge is 0.0568 e. The van der Waals surface area contributed by atoms with E-state index in [0.29, 0.717) is 6.54 Å². The fourth-order valence-electron chi connectivity index (χ4n) is 5.97. The van der Waals surface area contributed by atoms with E-state index in [1.165, 1.54) is 27.7 Å². The van der Waals surface area contributed by atoms with E-state index in [0.717, 1.165) is 45.3 Å². The lowest BCUT2D eigenvalue weighted by molar-refractivity contribution is 1.18. The Morgan fingerprint density at radius 2 is 1.77 bits per heavy atom. The molecule has 0 spiro atoms. The van der Waals surface area contributed by atoms with Crippen molar-refractivity contribution in [3.05, 3.63) is 156 Å². The van der Waals surface area contributed by atoms with Crippen molar-refractivity contribution in [2.75, 3.05) is 11.9 Å². The second-order valence-electron chi connectivity index (χ2n) is 10.5. The van der Waals surface area contributed by atoms with Crippen molar-refractivity contribution >= 4 is 50.8 Å². The molecule has 0 saturated heterocycles. The number of nitrogens with one attached hydrogen (secondary N) is 1. The Morgan fingerprint density at radius 3 is 2.49 bits per heavy atom. The van der Waals surface area contributed by atoms with Crippen LogP contribution in [-0.4, -0.2) is 11.1 Å². The molecule has 0 unspecified atom stereocenters. The molecular weight excluding hydrogens is 520 g/mol. The van der Waals surface area contributed by atoms with E-state index in [-0.39, 0.29) is 0 Å². The van der Waals surface area contributed by atoms with Gasteiger partial charge in [-0.15, -0.1) is 6.42 Å². The largest absolute Gasteiger partial charge is 0.381 e. The molecule has 0 amide bonds. The summed E-state index contributed by atoms with van der Waals surface area (Å²) in [4.78, 5) is 0. The van der Waals surface area contributed by atoms with Gasteiger partial charge in [0.1, 0.15) is 0 Å². The van der Waals surface area contributed by atoms with Gasteiger partial charge in [0.25, 0.3) is 0 Å². The summed E-state index contributed by atoms with van der Waals surface area (Å²) < 4.78 is 2.33. The molecule has 6 rings (SSSR count). The first-order chi connectivity index (χ1) is 21.2. The molecule has 1 aromatic heterocycles. The number of terminal acetylenes is 1. The summed E-state index contributed by atoms with van der Waals surface area (Å²) >= 11 is 0. The van der Waals surface area contributed by atoms with E-state index < -0.39 is 0 Å². The van der Waals surface area contributed by atoms with Gasteiger partial charge in [0.2, 0.25) is 0 Å². The van der Waals surface area contributed by atoms with Gasteiger partial charge in [-0.1, -0.05) is 116 Å². The molecule has 1 aliphatic rings. The van der Waals surface area contributed by atoms with Gasteiger partial charge in [-0.05, 0) is 77.6 Å². The summed E-state index contributed by atoms with van der Waals surface area (Å²) in [6.45, 7) is 6.93. The molecule has 5 aromatic rings. The van der Waals surface area contributed by atoms with Crippen LogP contribution in [0.5, 0.6) is 0 Å². The van der Waals surface area contributed by atoms with Crippen LogP contribution in [0.15, 0.2) is 134 Å². The van der Waals surface area contributed by atoms with Crippen LogP contribution in [0.4, 0.5) is 5.69 Å². The highest BCUT2D eigenvalue weighted by atomic mass is 15.0. The lowest BCUT2D eigenvalue weighted by Gasteiger charge is -2.15. The fraction of sp³-hybridized carbons (Fsp3) is 0.0732. The number of hydrogen-bond donors (Lipinski definition) is 1. The Bertz CT molecular complexity index is 2000. The van der Waals surface area contributed by atoms with Gasteiger partial charge in [-0.25, -0.2) is 0 Å². The number of allylic oxidation sites excluding steroid dienone is 8. The number of rotatable bonds is 9. The van der Waals surface area contributed by atoms with Gasteiger partial charge in [0.05, 0.1) is 11.0 Å². The first-order valence-corrected chi connectivity index (χ1v) is 14.7. The van der Waals surface area contributed by atoms with E-state index in [2.05, 4.69) is 145 Å². The van der Waals surface area contributed by atoms with Crippen LogP contribution < -0.4 is 5.32 Å². The zero-order valence-corrected chi connectivity index (χ0v) is 24.4. The maximum Gasteiger partial charge on any atom is 0.0568 e. The van der Waals surface area contributed by atoms with Crippen molar-refractivity contribution in [1.29, 1.82) is 0 Å². The summed E-state index contributed by atoms with van der Waals surface area (Å²) in [7, 11) is 0. The quantitative estimate of drug-likeness (QED) is 0.142. The fourth-order valence-corrected chi connectivity index (χ4v) is 5.97. The molecule has 43 heavy (non-hydrogen) atoms. The summed E-state index contributed by atoms with van der Waals surface area (Å²) in [5.41, 5.74) is 11.5. The highest BCUT2D eigenvalue weighted by Gasteiger charge is 2.18. The maximum atomic E-state index is 5.68. The summed E-state index contributed by atoms with van der Waals surface area (Å²) in [6.07, 6.45) is 25.4. The van der Waals surface area contributed by atoms with E-state index in [1.54, 1.807) is 6.08 Å². The van der Waals surface area contributed by atoms with Crippen molar-refractivity contribution in [3.8, 4) is 18.0 Å². The van der Waals surface area contributed by atoms with E-state index in [9.17, 15) is 0 Å². The standard InChI is InChI=1S/C41H34N2/c1-4-7-20-36-35(6-3)41-37-21-13-14-22-39(37)43(34-18-9-8-10-19-34)40(41)29-38(36)42-28-27-30(15-5-2)32-23-25-33(26-24-32)31-16-11-12-17-31/h1,5-16,18-27,29,42H,3,17,28H2,2H3/b15-5-,20-7-,30-27+. The number of anilines is 1. The Labute approximate surface area is 254 Å². The van der Waals surface area contributed by atoms with Crippen molar-refractivity contribution in [2.45, 2.75) is 13.3 Å². The Morgan fingerprint density at radius 1 is 0.977 bits per heavy atom. The number of hydrogen-bond acceptors (Lipinski definition) is 1. The number of benzene rings is 4. The lowest BCUT2D eigenvalue weighted by Crippen LogP contribution is -2.03. The third-order valence-corrected chi connectivity index (χ3v) is 7.93. The van der Waals surface area contributed by atoms with Crippen LogP contribution in [0.25, 0.3) is 50.8 Å². The monoisotopic (exact) mass is 554 g/mol. The van der Waals surface area contributed by atoms with Crippen molar-refractivity contribution in [1.82, 2.24) is 4.57 Å². The van der Waals surface area contributed by atoms with E-state index >= 15 is 0 Å². The van der Waals surface area contributed by atoms with Gasteiger partial charge < -0.3 is 9.88 Å². The van der Waals surface area contributed by atoms with Crippen molar-refractivity contribution in [2.24, 2.45) is 0 Å². The summed E-state index contributed by atoms with van der Waals surface area (Å²) in [5, 5.41) is 6.06. The van der Waals surface area contributed by atoms with Crippen LogP contribution >= 0.6 is 0 Å². The molecule has 0 aliphatic heterocycles. The Balaban J connectivity index is 1.44. The topological polar surface area (TPSA) is 17.0 Å². The van der Waals surface area contributed by atoms with Crippen LogP contribution in [0, 0.1) is 12.3 Å². The Kier molecular flexibility index (Phi) is 8.07. The molecule has 2 nitrogen and oxygen atoms in total. The second kappa shape index (κ2) is 12.6. The molecule has 0 atom stereocenters. The van der Waals surface area contributed by atoms with E-state index in [4.69, 9.17) is 6.42 Å². The molecule has 1 N–H and O–H groups in total. The molecule has 0 saturated carbocycles. The van der Waals surface area contributed by atoms with Crippen LogP contribution in [-0.2, 0) is 0 Å². The highest BCUT2D eigenvalue weighted by molar-refractivity contribution is 6.15. The van der Waals surface area contributed by atoms with Gasteiger partial charge in [-0.2, -0.15) is 0 Å². The first kappa shape index (κ1) is 27.6. The second-order valence-corrected chi connectivity index (χ2v) is 10.5. The number of fused-ring (bicyclic) bond motifs is 3. The predicted octanol–water partition coefficient (Wildman–Crippen LogP) is 10.5. The van der Waals surface area contributed by atoms with E-state index in [1.807, 2.05) is 18.2 Å². The zero-order chi connectivity index (χ0) is 29.6. The minimum Gasteiger partial charge on any atom is -0.381 e. The van der Waals surface area contributed by atoms with Gasteiger partial charge in [0, 0.05) is 34.3 Å². The minimum atomic E-state index is 0.640. The molecule has 4 aromatic carbocycles. The van der Waals surface area contributed by atoms with Gasteiger partial charge in [0.15, 0.2) is 0 Å². The molecule has 1 heterocycles. The molecule has 208 valence electrons.